The lowest BCUT2D eigenvalue weighted by Gasteiger charge is -2.30. The Morgan fingerprint density at radius 1 is 1.50 bits per heavy atom. The minimum absolute atomic E-state index is 0.0146. The number of aliphatic hydroxyl groups is 1. The molecule has 0 saturated carbocycles. The van der Waals surface area contributed by atoms with Gasteiger partial charge in [0.15, 0.2) is 17.7 Å². The first kappa shape index (κ1) is 15.9. The summed E-state index contributed by atoms with van der Waals surface area (Å²) in [6.45, 7) is 1.82. The van der Waals surface area contributed by atoms with Crippen LogP contribution in [0.3, 0.4) is 0 Å². The summed E-state index contributed by atoms with van der Waals surface area (Å²) in [5.74, 6) is 0.226. The van der Waals surface area contributed by atoms with E-state index < -0.39 is 32.4 Å². The first-order valence-corrected chi connectivity index (χ1v) is 8.82. The second-order valence-corrected chi connectivity index (χ2v) is 6.99. The monoisotopic (exact) mass is 357 g/mol. The van der Waals surface area contributed by atoms with Gasteiger partial charge in [0, 0.05) is 0 Å². The number of hydrogen-bond acceptors (Lipinski definition) is 10. The average Bonchev–Trinajstić information content (AvgIpc) is 3.10. The van der Waals surface area contributed by atoms with Crippen molar-refractivity contribution in [1.82, 2.24) is 19.5 Å². The standard InChI is InChI=1S/C12H16N5O6P/c1-2-20-24(19)21-3-6-9(23-24)8(18)12(22-6)17-5-16-7-10(13)14-4-15-11(7)17/h4-6,8-9,12,18H,2-3H2,1H3,(H2,13,14,15)/t6-,8+,9+,12-,24+/m0/s1. The third-order valence-electron chi connectivity index (χ3n) is 3.91. The number of rotatable bonds is 3. The summed E-state index contributed by atoms with van der Waals surface area (Å²) in [5.41, 5.74) is 6.58. The van der Waals surface area contributed by atoms with E-state index in [0.717, 1.165) is 0 Å². The minimum atomic E-state index is -3.69. The summed E-state index contributed by atoms with van der Waals surface area (Å²) in [6, 6.07) is 0. The topological polar surface area (TPSA) is 144 Å². The smallest absolute Gasteiger partial charge is 0.386 e. The highest BCUT2D eigenvalue weighted by atomic mass is 31.2. The quantitative estimate of drug-likeness (QED) is 0.732. The van der Waals surface area contributed by atoms with Crippen LogP contribution in [0.25, 0.3) is 11.2 Å². The predicted octanol–water partition coefficient (Wildman–Crippen LogP) is 0.227. The van der Waals surface area contributed by atoms with Gasteiger partial charge in [-0.15, -0.1) is 0 Å². The van der Waals surface area contributed by atoms with Gasteiger partial charge in [-0.1, -0.05) is 0 Å². The fourth-order valence-electron chi connectivity index (χ4n) is 2.84. The Balaban J connectivity index is 1.64. The van der Waals surface area contributed by atoms with Gasteiger partial charge in [0.05, 0.1) is 19.5 Å². The maximum atomic E-state index is 12.3. The molecule has 0 unspecified atom stereocenters. The van der Waals surface area contributed by atoms with Crippen LogP contribution in [0.15, 0.2) is 12.7 Å². The zero-order valence-corrected chi connectivity index (χ0v) is 13.6. The number of anilines is 1. The summed E-state index contributed by atoms with van der Waals surface area (Å²) in [6.07, 6.45) is -0.642. The Kier molecular flexibility index (Phi) is 3.79. The van der Waals surface area contributed by atoms with Crippen LogP contribution < -0.4 is 5.73 Å². The molecule has 0 aliphatic carbocycles. The number of phosphoric acid groups is 1. The van der Waals surface area contributed by atoms with Gasteiger partial charge in [-0.3, -0.25) is 18.1 Å². The summed E-state index contributed by atoms with van der Waals surface area (Å²) in [7, 11) is -3.69. The lowest BCUT2D eigenvalue weighted by molar-refractivity contribution is -0.0701. The number of aromatic nitrogens is 4. The van der Waals surface area contributed by atoms with Gasteiger partial charge in [0.25, 0.3) is 0 Å². The molecule has 2 aromatic heterocycles. The lowest BCUT2D eigenvalue weighted by Crippen LogP contribution is -2.39. The molecule has 3 N–H and O–H groups in total. The molecule has 0 spiro atoms. The molecule has 2 saturated heterocycles. The molecule has 130 valence electrons. The highest BCUT2D eigenvalue weighted by Gasteiger charge is 2.53. The van der Waals surface area contributed by atoms with Crippen LogP contribution >= 0.6 is 7.82 Å². The van der Waals surface area contributed by atoms with E-state index in [1.54, 1.807) is 6.92 Å². The number of hydrogen-bond donors (Lipinski definition) is 2. The zero-order valence-electron chi connectivity index (χ0n) is 12.7. The molecule has 24 heavy (non-hydrogen) atoms. The Morgan fingerprint density at radius 3 is 3.12 bits per heavy atom. The highest BCUT2D eigenvalue weighted by molar-refractivity contribution is 7.48. The molecule has 4 heterocycles. The Hall–Kier alpha value is -1.62. The van der Waals surface area contributed by atoms with E-state index in [1.807, 2.05) is 0 Å². The Bertz CT molecular complexity index is 814. The normalized spacial score (nSPS) is 36.1. The van der Waals surface area contributed by atoms with Gasteiger partial charge in [-0.25, -0.2) is 19.5 Å². The molecule has 2 fully saturated rings. The first-order valence-electron chi connectivity index (χ1n) is 7.36. The fraction of sp³-hybridized carbons (Fsp3) is 0.583. The molecule has 2 aromatic rings. The second kappa shape index (κ2) is 5.73. The van der Waals surface area contributed by atoms with Crippen molar-refractivity contribution in [3.05, 3.63) is 12.7 Å². The molecule has 12 heteroatoms. The van der Waals surface area contributed by atoms with Crippen molar-refractivity contribution >= 4 is 24.8 Å². The maximum absolute atomic E-state index is 12.3. The van der Waals surface area contributed by atoms with Crippen LogP contribution in [0.1, 0.15) is 13.2 Å². The molecule has 2 aliphatic rings. The van der Waals surface area contributed by atoms with Crippen LogP contribution in [0.5, 0.6) is 0 Å². The van der Waals surface area contributed by atoms with Crippen molar-refractivity contribution in [2.24, 2.45) is 0 Å². The average molecular weight is 357 g/mol. The van der Waals surface area contributed by atoms with E-state index in [0.29, 0.717) is 11.2 Å². The van der Waals surface area contributed by atoms with Crippen molar-refractivity contribution in [3.8, 4) is 0 Å². The molecule has 5 atom stereocenters. The Morgan fingerprint density at radius 2 is 2.33 bits per heavy atom. The fourth-order valence-corrected chi connectivity index (χ4v) is 4.24. The summed E-state index contributed by atoms with van der Waals surface area (Å²) >= 11 is 0. The number of aliphatic hydroxyl groups excluding tert-OH is 1. The SMILES string of the molecule is CCO[P@]1(=O)OC[C@@H]2O[C@H](n3cnc4c(N)ncnc43)[C@H](O)[C@@H]2O1. The maximum Gasteiger partial charge on any atom is 0.475 e. The molecule has 0 bridgehead atoms. The minimum Gasteiger partial charge on any atom is -0.386 e. The predicted molar refractivity (Wildman–Crippen MR) is 79.7 cm³/mol. The number of nitrogen functional groups attached to an aromatic ring is 1. The van der Waals surface area contributed by atoms with Crippen LogP contribution in [0.2, 0.25) is 0 Å². The Labute approximate surface area is 136 Å². The summed E-state index contributed by atoms with van der Waals surface area (Å²) < 4.78 is 35.1. The lowest BCUT2D eigenvalue weighted by atomic mass is 10.1. The largest absolute Gasteiger partial charge is 0.475 e. The van der Waals surface area contributed by atoms with Crippen LogP contribution in [0, 0.1) is 0 Å². The third-order valence-corrected chi connectivity index (χ3v) is 5.45. The third kappa shape index (κ3) is 2.41. The molecule has 2 aliphatic heterocycles. The molecule has 0 aromatic carbocycles. The molecular weight excluding hydrogens is 341 g/mol. The van der Waals surface area contributed by atoms with Gasteiger partial charge in [0.1, 0.15) is 30.2 Å². The van der Waals surface area contributed by atoms with Crippen LogP contribution in [-0.2, 0) is 22.9 Å². The first-order chi connectivity index (χ1) is 11.5. The van der Waals surface area contributed by atoms with Crippen molar-refractivity contribution in [2.45, 2.75) is 31.5 Å². The van der Waals surface area contributed by atoms with E-state index in [-0.39, 0.29) is 19.0 Å². The van der Waals surface area contributed by atoms with Gasteiger partial charge in [-0.2, -0.15) is 0 Å². The molecular formula is C12H16N5O6P. The summed E-state index contributed by atoms with van der Waals surface area (Å²) in [4.78, 5) is 12.1. The van der Waals surface area contributed by atoms with E-state index >= 15 is 0 Å². The van der Waals surface area contributed by atoms with E-state index in [9.17, 15) is 9.67 Å². The van der Waals surface area contributed by atoms with Crippen molar-refractivity contribution in [1.29, 1.82) is 0 Å². The van der Waals surface area contributed by atoms with Gasteiger partial charge in [0.2, 0.25) is 0 Å². The number of fused-ring (bicyclic) bond motifs is 2. The van der Waals surface area contributed by atoms with E-state index in [1.165, 1.54) is 17.2 Å². The molecule has 11 nitrogen and oxygen atoms in total. The van der Waals surface area contributed by atoms with Gasteiger partial charge >= 0.3 is 7.82 Å². The number of imidazole rings is 1. The van der Waals surface area contributed by atoms with Gasteiger partial charge < -0.3 is 15.6 Å². The zero-order chi connectivity index (χ0) is 16.9. The van der Waals surface area contributed by atoms with Crippen molar-refractivity contribution in [2.75, 3.05) is 18.9 Å². The van der Waals surface area contributed by atoms with Gasteiger partial charge in [-0.05, 0) is 6.92 Å². The molecule has 4 rings (SSSR count). The number of phosphoric ester groups is 1. The van der Waals surface area contributed by atoms with E-state index in [2.05, 4.69) is 15.0 Å². The number of ether oxygens (including phenoxy) is 1. The second-order valence-electron chi connectivity index (χ2n) is 5.37. The van der Waals surface area contributed by atoms with Crippen LogP contribution in [-0.4, -0.2) is 56.2 Å². The van der Waals surface area contributed by atoms with Crippen molar-refractivity contribution in [3.63, 3.8) is 0 Å². The number of nitrogens with zero attached hydrogens (tertiary/aromatic N) is 4. The summed E-state index contributed by atoms with van der Waals surface area (Å²) in [5, 5.41) is 10.6. The molecule has 0 radical (unpaired) electrons. The highest BCUT2D eigenvalue weighted by Crippen LogP contribution is 2.56. The van der Waals surface area contributed by atoms with Crippen molar-refractivity contribution < 1.29 is 28.0 Å². The number of nitrogens with two attached hydrogens (primary N) is 1. The van der Waals surface area contributed by atoms with Crippen LogP contribution in [0.4, 0.5) is 5.82 Å². The van der Waals surface area contributed by atoms with E-state index in [4.69, 9.17) is 24.0 Å². The molecule has 0 amide bonds.